The van der Waals surface area contributed by atoms with Gasteiger partial charge in [0.1, 0.15) is 5.82 Å². The molecule has 1 atom stereocenters. The zero-order chi connectivity index (χ0) is 13.0. The third-order valence-corrected chi connectivity index (χ3v) is 4.07. The van der Waals surface area contributed by atoms with Crippen molar-refractivity contribution in [3.63, 3.8) is 0 Å². The van der Waals surface area contributed by atoms with Crippen molar-refractivity contribution in [3.05, 3.63) is 17.3 Å². The number of nitrogen functional groups attached to an aromatic ring is 1. The number of nitrogens with one attached hydrogen (secondary N) is 1. The van der Waals surface area contributed by atoms with Gasteiger partial charge >= 0.3 is 0 Å². The summed E-state index contributed by atoms with van der Waals surface area (Å²) in [6, 6.07) is 2.23. The molecule has 1 saturated carbocycles. The number of hydrogen-bond donors (Lipinski definition) is 2. The number of anilines is 2. The Balaban J connectivity index is 2.04. The summed E-state index contributed by atoms with van der Waals surface area (Å²) in [5, 5.41) is 4.09. The Kier molecular flexibility index (Phi) is 4.70. The quantitative estimate of drug-likeness (QED) is 0.864. The van der Waals surface area contributed by atoms with Gasteiger partial charge in [-0.1, -0.05) is 37.8 Å². The Bertz CT molecular complexity index is 389. The van der Waals surface area contributed by atoms with Gasteiger partial charge in [0, 0.05) is 12.2 Å². The van der Waals surface area contributed by atoms with E-state index in [0.717, 1.165) is 18.2 Å². The van der Waals surface area contributed by atoms with Crippen molar-refractivity contribution in [2.75, 3.05) is 11.1 Å². The van der Waals surface area contributed by atoms with Crippen LogP contribution in [0.3, 0.4) is 0 Å². The second kappa shape index (κ2) is 6.28. The van der Waals surface area contributed by atoms with Gasteiger partial charge < -0.3 is 11.1 Å². The summed E-state index contributed by atoms with van der Waals surface area (Å²) in [6.07, 6.45) is 9.48. The summed E-state index contributed by atoms with van der Waals surface area (Å²) in [4.78, 5) is 4.29. The number of nitrogens with two attached hydrogens (primary N) is 1. The van der Waals surface area contributed by atoms with Crippen LogP contribution in [0.15, 0.2) is 12.3 Å². The summed E-state index contributed by atoms with van der Waals surface area (Å²) in [5.74, 6) is 1.53. The van der Waals surface area contributed by atoms with Gasteiger partial charge in [0.2, 0.25) is 0 Å². The minimum atomic E-state index is 0.473. The van der Waals surface area contributed by atoms with Crippen LogP contribution in [0.2, 0.25) is 5.02 Å². The lowest BCUT2D eigenvalue weighted by molar-refractivity contribution is 0.312. The van der Waals surface area contributed by atoms with Gasteiger partial charge in [-0.25, -0.2) is 4.98 Å². The van der Waals surface area contributed by atoms with Gasteiger partial charge in [-0.15, -0.1) is 0 Å². The minimum Gasteiger partial charge on any atom is -0.396 e. The second-order valence-corrected chi connectivity index (χ2v) is 5.58. The first-order chi connectivity index (χ1) is 8.70. The van der Waals surface area contributed by atoms with E-state index in [4.69, 9.17) is 17.3 Å². The lowest BCUT2D eigenvalue weighted by atomic mass is 9.83. The van der Waals surface area contributed by atoms with E-state index in [9.17, 15) is 0 Å². The highest BCUT2D eigenvalue weighted by Gasteiger charge is 2.22. The maximum atomic E-state index is 5.94. The Hall–Kier alpha value is -0.960. The molecule has 4 heteroatoms. The number of pyridine rings is 1. The molecule has 0 spiro atoms. The van der Waals surface area contributed by atoms with Crippen LogP contribution in [0.4, 0.5) is 11.5 Å². The lowest BCUT2D eigenvalue weighted by Crippen LogP contribution is -2.30. The molecule has 0 radical (unpaired) electrons. The molecule has 3 nitrogen and oxygen atoms in total. The largest absolute Gasteiger partial charge is 0.396 e. The van der Waals surface area contributed by atoms with Crippen molar-refractivity contribution in [2.24, 2.45) is 5.92 Å². The van der Waals surface area contributed by atoms with Crippen LogP contribution in [-0.2, 0) is 0 Å². The number of halogens is 1. The molecule has 0 aromatic carbocycles. The molecular formula is C14H22ClN3. The van der Waals surface area contributed by atoms with Crippen LogP contribution in [0.5, 0.6) is 0 Å². The summed E-state index contributed by atoms with van der Waals surface area (Å²) < 4.78 is 0. The van der Waals surface area contributed by atoms with Crippen LogP contribution >= 0.6 is 11.6 Å². The molecule has 1 heterocycles. The first-order valence-electron chi connectivity index (χ1n) is 6.88. The fourth-order valence-corrected chi connectivity index (χ4v) is 3.01. The molecule has 2 rings (SSSR count). The molecule has 0 amide bonds. The van der Waals surface area contributed by atoms with E-state index in [1.165, 1.54) is 32.1 Å². The summed E-state index contributed by atoms with van der Waals surface area (Å²) in [5.41, 5.74) is 6.58. The monoisotopic (exact) mass is 267 g/mol. The molecule has 100 valence electrons. The Morgan fingerprint density at radius 3 is 2.78 bits per heavy atom. The predicted octanol–water partition coefficient (Wildman–Crippen LogP) is 4.09. The molecule has 0 saturated heterocycles. The number of rotatable bonds is 4. The fourth-order valence-electron chi connectivity index (χ4n) is 2.84. The molecule has 1 aromatic heterocycles. The van der Waals surface area contributed by atoms with Crippen molar-refractivity contribution in [1.29, 1.82) is 0 Å². The number of hydrogen-bond acceptors (Lipinski definition) is 3. The van der Waals surface area contributed by atoms with Gasteiger partial charge in [0.05, 0.1) is 10.7 Å². The van der Waals surface area contributed by atoms with Crippen LogP contribution in [-0.4, -0.2) is 11.0 Å². The van der Waals surface area contributed by atoms with Gasteiger partial charge in [-0.2, -0.15) is 0 Å². The minimum absolute atomic E-state index is 0.473. The highest BCUT2D eigenvalue weighted by Crippen LogP contribution is 2.30. The molecular weight excluding hydrogens is 246 g/mol. The van der Waals surface area contributed by atoms with Crippen molar-refractivity contribution in [2.45, 2.75) is 51.5 Å². The average Bonchev–Trinajstić information content (AvgIpc) is 2.39. The van der Waals surface area contributed by atoms with E-state index in [1.54, 1.807) is 12.3 Å². The fraction of sp³-hybridized carbons (Fsp3) is 0.643. The summed E-state index contributed by atoms with van der Waals surface area (Å²) >= 11 is 5.87. The van der Waals surface area contributed by atoms with E-state index >= 15 is 0 Å². The normalized spacial score (nSPS) is 18.6. The Morgan fingerprint density at radius 1 is 1.44 bits per heavy atom. The molecule has 18 heavy (non-hydrogen) atoms. The highest BCUT2D eigenvalue weighted by molar-refractivity contribution is 6.30. The first-order valence-corrected chi connectivity index (χ1v) is 7.26. The molecule has 1 fully saturated rings. The zero-order valence-electron chi connectivity index (χ0n) is 11.0. The third-order valence-electron chi connectivity index (χ3n) is 3.86. The maximum Gasteiger partial charge on any atom is 0.149 e. The van der Waals surface area contributed by atoms with E-state index in [1.807, 2.05) is 0 Å². The Labute approximate surface area is 114 Å². The van der Waals surface area contributed by atoms with Crippen LogP contribution < -0.4 is 11.1 Å². The van der Waals surface area contributed by atoms with Crippen LogP contribution in [0.25, 0.3) is 0 Å². The van der Waals surface area contributed by atoms with E-state index in [-0.39, 0.29) is 0 Å². The standard InChI is InChI=1S/C14H22ClN3/c1-2-13(10-6-4-3-5-7-10)18-14-12(16)8-11(15)9-17-14/h8-10,13H,2-7,16H2,1H3,(H,17,18). The van der Waals surface area contributed by atoms with Crippen LogP contribution in [0.1, 0.15) is 45.4 Å². The average molecular weight is 268 g/mol. The molecule has 1 unspecified atom stereocenters. The van der Waals surface area contributed by atoms with Gasteiger partial charge in [-0.05, 0) is 31.2 Å². The predicted molar refractivity (Wildman–Crippen MR) is 77.9 cm³/mol. The summed E-state index contributed by atoms with van der Waals surface area (Å²) in [7, 11) is 0. The van der Waals surface area contributed by atoms with Crippen molar-refractivity contribution in [3.8, 4) is 0 Å². The van der Waals surface area contributed by atoms with Crippen molar-refractivity contribution >= 4 is 23.1 Å². The molecule has 3 N–H and O–H groups in total. The second-order valence-electron chi connectivity index (χ2n) is 5.15. The third kappa shape index (κ3) is 3.29. The molecule has 0 aliphatic heterocycles. The van der Waals surface area contributed by atoms with E-state index in [2.05, 4.69) is 17.2 Å². The Morgan fingerprint density at radius 2 is 2.17 bits per heavy atom. The number of aromatic nitrogens is 1. The molecule has 1 aliphatic rings. The molecule has 1 aromatic rings. The molecule has 0 bridgehead atoms. The maximum absolute atomic E-state index is 5.94. The smallest absolute Gasteiger partial charge is 0.149 e. The van der Waals surface area contributed by atoms with Crippen molar-refractivity contribution < 1.29 is 0 Å². The highest BCUT2D eigenvalue weighted by atomic mass is 35.5. The molecule has 1 aliphatic carbocycles. The van der Waals surface area contributed by atoms with E-state index < -0.39 is 0 Å². The number of nitrogens with zero attached hydrogens (tertiary/aromatic N) is 1. The topological polar surface area (TPSA) is 50.9 Å². The van der Waals surface area contributed by atoms with Crippen LogP contribution in [0, 0.1) is 5.92 Å². The van der Waals surface area contributed by atoms with Gasteiger partial charge in [0.25, 0.3) is 0 Å². The van der Waals surface area contributed by atoms with Gasteiger partial charge in [0.15, 0.2) is 0 Å². The SMILES string of the molecule is CCC(Nc1ncc(Cl)cc1N)C1CCCCC1. The summed E-state index contributed by atoms with van der Waals surface area (Å²) in [6.45, 7) is 2.22. The van der Waals surface area contributed by atoms with Crippen molar-refractivity contribution in [1.82, 2.24) is 4.98 Å². The first kappa shape index (κ1) is 13.5. The van der Waals surface area contributed by atoms with Gasteiger partial charge in [-0.3, -0.25) is 0 Å². The zero-order valence-corrected chi connectivity index (χ0v) is 11.7. The lowest BCUT2D eigenvalue weighted by Gasteiger charge is -2.30. The van der Waals surface area contributed by atoms with E-state index in [0.29, 0.717) is 16.8 Å².